The number of halogens is 1. The van der Waals surface area contributed by atoms with Crippen LogP contribution in [0.1, 0.15) is 24.3 Å². The van der Waals surface area contributed by atoms with Crippen molar-refractivity contribution in [2.24, 2.45) is 0 Å². The predicted octanol–water partition coefficient (Wildman–Crippen LogP) is 4.00. The van der Waals surface area contributed by atoms with Crippen LogP contribution in [0.4, 0.5) is 4.39 Å². The molecular weight excluding hydrogens is 309 g/mol. The van der Waals surface area contributed by atoms with Crippen LogP contribution in [-0.4, -0.2) is 13.0 Å². The second kappa shape index (κ2) is 6.74. The number of amides is 1. The molecule has 1 amide bonds. The molecule has 1 N–H and O–H groups in total. The number of ether oxygens (including phenoxy) is 1. The fourth-order valence-electron chi connectivity index (χ4n) is 2.58. The Hall–Kier alpha value is -2.82. The molecule has 1 heterocycles. The predicted molar refractivity (Wildman–Crippen MR) is 89.4 cm³/mol. The van der Waals surface area contributed by atoms with Crippen molar-refractivity contribution in [2.45, 2.75) is 19.4 Å². The van der Waals surface area contributed by atoms with Crippen LogP contribution in [0.3, 0.4) is 0 Å². The van der Waals surface area contributed by atoms with E-state index in [1.807, 2.05) is 37.3 Å². The highest BCUT2D eigenvalue weighted by atomic mass is 19.1. The summed E-state index contributed by atoms with van der Waals surface area (Å²) in [6, 6.07) is 13.8. The van der Waals surface area contributed by atoms with Crippen LogP contribution in [0.15, 0.2) is 52.9 Å². The SMILES string of the molecule is COc1ccc(CC(=O)N[C@H](C)c2cc3ccccc3o2)cc1F. The minimum atomic E-state index is -0.479. The average molecular weight is 327 g/mol. The maximum atomic E-state index is 13.7. The normalized spacial score (nSPS) is 12.1. The molecule has 0 aliphatic rings. The zero-order chi connectivity index (χ0) is 17.1. The van der Waals surface area contributed by atoms with Crippen molar-refractivity contribution in [1.82, 2.24) is 5.32 Å². The van der Waals surface area contributed by atoms with Gasteiger partial charge < -0.3 is 14.5 Å². The van der Waals surface area contributed by atoms with Gasteiger partial charge in [-0.3, -0.25) is 4.79 Å². The molecule has 124 valence electrons. The van der Waals surface area contributed by atoms with Crippen molar-refractivity contribution in [3.8, 4) is 5.75 Å². The molecule has 2 aromatic carbocycles. The number of methoxy groups -OCH3 is 1. The Kier molecular flexibility index (Phi) is 4.51. The first-order valence-electron chi connectivity index (χ1n) is 7.67. The van der Waals surface area contributed by atoms with Crippen LogP contribution in [0.5, 0.6) is 5.75 Å². The van der Waals surface area contributed by atoms with Gasteiger partial charge in [-0.05, 0) is 36.8 Å². The molecule has 24 heavy (non-hydrogen) atoms. The van der Waals surface area contributed by atoms with Crippen molar-refractivity contribution in [3.05, 3.63) is 65.7 Å². The fraction of sp³-hybridized carbons (Fsp3) is 0.211. The third-order valence-corrected chi connectivity index (χ3v) is 3.83. The molecule has 5 heteroatoms. The van der Waals surface area contributed by atoms with Crippen LogP contribution >= 0.6 is 0 Å². The van der Waals surface area contributed by atoms with Gasteiger partial charge in [-0.2, -0.15) is 0 Å². The van der Waals surface area contributed by atoms with E-state index in [1.54, 1.807) is 6.07 Å². The number of para-hydroxylation sites is 1. The van der Waals surface area contributed by atoms with Crippen molar-refractivity contribution < 1.29 is 18.3 Å². The van der Waals surface area contributed by atoms with Crippen molar-refractivity contribution in [3.63, 3.8) is 0 Å². The van der Waals surface area contributed by atoms with Gasteiger partial charge in [0, 0.05) is 5.39 Å². The molecule has 0 saturated carbocycles. The van der Waals surface area contributed by atoms with Gasteiger partial charge in [0.2, 0.25) is 5.91 Å². The summed E-state index contributed by atoms with van der Waals surface area (Å²) >= 11 is 0. The summed E-state index contributed by atoms with van der Waals surface area (Å²) in [7, 11) is 1.40. The van der Waals surface area contributed by atoms with E-state index in [1.165, 1.54) is 19.2 Å². The van der Waals surface area contributed by atoms with E-state index in [0.29, 0.717) is 11.3 Å². The summed E-state index contributed by atoms with van der Waals surface area (Å²) in [5.74, 6) is 0.168. The number of hydrogen-bond donors (Lipinski definition) is 1. The van der Waals surface area contributed by atoms with Gasteiger partial charge in [0.05, 0.1) is 19.6 Å². The lowest BCUT2D eigenvalue weighted by molar-refractivity contribution is -0.121. The first kappa shape index (κ1) is 16.1. The summed E-state index contributed by atoms with van der Waals surface area (Å²) in [6.45, 7) is 1.85. The quantitative estimate of drug-likeness (QED) is 0.770. The number of carbonyl (C=O) groups is 1. The second-order valence-corrected chi connectivity index (χ2v) is 5.62. The molecule has 0 aliphatic heterocycles. The molecule has 0 fully saturated rings. The lowest BCUT2D eigenvalue weighted by Gasteiger charge is -2.11. The van der Waals surface area contributed by atoms with Crippen LogP contribution in [0.2, 0.25) is 0 Å². The van der Waals surface area contributed by atoms with E-state index in [9.17, 15) is 9.18 Å². The second-order valence-electron chi connectivity index (χ2n) is 5.62. The van der Waals surface area contributed by atoms with Crippen LogP contribution < -0.4 is 10.1 Å². The third-order valence-electron chi connectivity index (χ3n) is 3.83. The maximum Gasteiger partial charge on any atom is 0.225 e. The highest BCUT2D eigenvalue weighted by Crippen LogP contribution is 2.24. The Morgan fingerprint density at radius 1 is 1.25 bits per heavy atom. The molecule has 0 radical (unpaired) electrons. The minimum absolute atomic E-state index is 0.0888. The van der Waals surface area contributed by atoms with Crippen molar-refractivity contribution in [1.29, 1.82) is 0 Å². The summed E-state index contributed by atoms with van der Waals surface area (Å²) in [5, 5.41) is 3.86. The van der Waals surface area contributed by atoms with E-state index in [-0.39, 0.29) is 24.1 Å². The Morgan fingerprint density at radius 3 is 2.75 bits per heavy atom. The molecule has 1 atom stereocenters. The van der Waals surface area contributed by atoms with E-state index in [4.69, 9.17) is 9.15 Å². The first-order chi connectivity index (χ1) is 11.6. The Labute approximate surface area is 139 Å². The van der Waals surface area contributed by atoms with Gasteiger partial charge in [-0.1, -0.05) is 24.3 Å². The highest BCUT2D eigenvalue weighted by Gasteiger charge is 2.15. The molecule has 3 aromatic rings. The van der Waals surface area contributed by atoms with Gasteiger partial charge in [-0.25, -0.2) is 4.39 Å². The Bertz CT molecular complexity index is 839. The highest BCUT2D eigenvalue weighted by molar-refractivity contribution is 5.80. The summed E-state index contributed by atoms with van der Waals surface area (Å²) in [4.78, 5) is 12.2. The number of benzene rings is 2. The maximum absolute atomic E-state index is 13.7. The van der Waals surface area contributed by atoms with Crippen LogP contribution in [0, 0.1) is 5.82 Å². The lowest BCUT2D eigenvalue weighted by atomic mass is 10.1. The number of carbonyl (C=O) groups excluding carboxylic acids is 1. The zero-order valence-electron chi connectivity index (χ0n) is 13.5. The molecule has 0 aliphatic carbocycles. The molecule has 0 bridgehead atoms. The minimum Gasteiger partial charge on any atom is -0.494 e. The van der Waals surface area contributed by atoms with Gasteiger partial charge in [0.1, 0.15) is 11.3 Å². The molecule has 0 spiro atoms. The Balaban J connectivity index is 1.66. The number of fused-ring (bicyclic) bond motifs is 1. The number of nitrogens with one attached hydrogen (secondary N) is 1. The van der Waals surface area contributed by atoms with Gasteiger partial charge in [0.25, 0.3) is 0 Å². The van der Waals surface area contributed by atoms with E-state index in [2.05, 4.69) is 5.32 Å². The monoisotopic (exact) mass is 327 g/mol. The third kappa shape index (κ3) is 3.40. The topological polar surface area (TPSA) is 51.5 Å². The summed E-state index contributed by atoms with van der Waals surface area (Å²) < 4.78 is 24.3. The molecule has 0 unspecified atom stereocenters. The number of furan rings is 1. The van der Waals surface area contributed by atoms with Crippen molar-refractivity contribution in [2.75, 3.05) is 7.11 Å². The molecule has 0 saturated heterocycles. The fourth-order valence-corrected chi connectivity index (χ4v) is 2.58. The Morgan fingerprint density at radius 2 is 2.04 bits per heavy atom. The number of hydrogen-bond acceptors (Lipinski definition) is 3. The molecule has 1 aromatic heterocycles. The largest absolute Gasteiger partial charge is 0.494 e. The van der Waals surface area contributed by atoms with Gasteiger partial charge >= 0.3 is 0 Å². The van der Waals surface area contributed by atoms with Crippen molar-refractivity contribution >= 4 is 16.9 Å². The summed E-state index contributed by atoms with van der Waals surface area (Å²) in [5.41, 5.74) is 1.37. The molecular formula is C19H18FNO3. The lowest BCUT2D eigenvalue weighted by Crippen LogP contribution is -2.27. The number of rotatable bonds is 5. The average Bonchev–Trinajstić information content (AvgIpc) is 2.99. The van der Waals surface area contributed by atoms with E-state index in [0.717, 1.165) is 11.0 Å². The smallest absolute Gasteiger partial charge is 0.225 e. The van der Waals surface area contributed by atoms with E-state index < -0.39 is 5.82 Å². The standard InChI is InChI=1S/C19H18FNO3/c1-12(18-11-14-5-3-4-6-16(14)24-18)21-19(22)10-13-7-8-17(23-2)15(20)9-13/h3-9,11-12H,10H2,1-2H3,(H,21,22)/t12-/m1/s1. The van der Waals surface area contributed by atoms with Gasteiger partial charge in [-0.15, -0.1) is 0 Å². The molecule has 4 nitrogen and oxygen atoms in total. The first-order valence-corrected chi connectivity index (χ1v) is 7.67. The van der Waals surface area contributed by atoms with Crippen LogP contribution in [0.25, 0.3) is 11.0 Å². The molecule has 3 rings (SSSR count). The van der Waals surface area contributed by atoms with Crippen LogP contribution in [-0.2, 0) is 11.2 Å². The zero-order valence-corrected chi connectivity index (χ0v) is 13.5. The summed E-state index contributed by atoms with van der Waals surface area (Å²) in [6.07, 6.45) is 0.0888. The van der Waals surface area contributed by atoms with Gasteiger partial charge in [0.15, 0.2) is 11.6 Å². The van der Waals surface area contributed by atoms with E-state index >= 15 is 0 Å².